The van der Waals surface area contributed by atoms with Gasteiger partial charge in [0.1, 0.15) is 33.0 Å². The number of rotatable bonds is 38. The van der Waals surface area contributed by atoms with Gasteiger partial charge in [0.05, 0.1) is 17.5 Å². The van der Waals surface area contributed by atoms with Gasteiger partial charge in [0, 0.05) is 58.5 Å². The highest BCUT2D eigenvalue weighted by Crippen LogP contribution is 2.34. The second-order valence-electron chi connectivity index (χ2n) is 20.4. The molecular weight excluding hydrogens is 1090 g/mol. The Hall–Kier alpha value is -9.48. The number of carbonyl (C=O) groups excluding carboxylic acids is 5. The van der Waals surface area contributed by atoms with Gasteiger partial charge in [-0.1, -0.05) is 164 Å². The fourth-order valence-electron chi connectivity index (χ4n) is 9.08. The standard InChI is InChI=1S/C69H77N5O12/c75-62(70-42-17-6-19-47-74(64(77)40-41-65(78)79)86-52-57-32-15-5-16-33-57)38-39-63(76)73(46-23-44-72-69(81)59-35-22-37-61(83-49-54-26-9-2-10-27-54)67(59)85-51-56-30-13-4-14-31-56)45-20-18-43-71-68(80)58-34-21-36-60(82-48-53-24-7-1-8-25-53)66(58)84-50-55-28-11-3-12-29-55/h1-5,7-16,21-22,24-37H,6,17-20,23,38-52H2,(H,70,75)(H,71,80)(H,72,81)(H,78,79). The van der Waals surface area contributed by atoms with Gasteiger partial charge in [-0.3, -0.25) is 33.6 Å². The van der Waals surface area contributed by atoms with Gasteiger partial charge in [-0.15, -0.1) is 0 Å². The molecule has 0 heterocycles. The average molecular weight is 1170 g/mol. The summed E-state index contributed by atoms with van der Waals surface area (Å²) in [5.74, 6) is -1.22. The Bertz CT molecular complexity index is 3190. The molecule has 0 aromatic heterocycles. The minimum Gasteiger partial charge on any atom is -0.485 e. The number of carboxylic acid groups (broad SMARTS) is 1. The lowest BCUT2D eigenvalue weighted by atomic mass is 10.1. The van der Waals surface area contributed by atoms with Crippen molar-refractivity contribution in [3.63, 3.8) is 0 Å². The van der Waals surface area contributed by atoms with Crippen molar-refractivity contribution in [3.05, 3.63) is 227 Å². The lowest BCUT2D eigenvalue weighted by Gasteiger charge is -2.23. The number of hydrogen-bond donors (Lipinski definition) is 4. The lowest BCUT2D eigenvalue weighted by molar-refractivity contribution is -0.192. The quantitative estimate of drug-likeness (QED) is 0.0210. The highest BCUT2D eigenvalue weighted by Gasteiger charge is 2.22. The van der Waals surface area contributed by atoms with Gasteiger partial charge in [0.15, 0.2) is 23.0 Å². The number of carboxylic acids is 1. The number of benzene rings is 7. The number of unbranched alkanes of at least 4 members (excludes halogenated alkanes) is 3. The first-order chi connectivity index (χ1) is 42.1. The number of hydroxylamine groups is 2. The molecule has 7 rings (SSSR count). The molecule has 4 N–H and O–H groups in total. The molecule has 7 aromatic rings. The van der Waals surface area contributed by atoms with Crippen LogP contribution in [0.2, 0.25) is 0 Å². The van der Waals surface area contributed by atoms with E-state index in [9.17, 15) is 28.8 Å². The van der Waals surface area contributed by atoms with E-state index in [-0.39, 0.29) is 102 Å². The lowest BCUT2D eigenvalue weighted by Crippen LogP contribution is -2.36. The van der Waals surface area contributed by atoms with Gasteiger partial charge in [0.2, 0.25) is 17.7 Å². The van der Waals surface area contributed by atoms with Crippen molar-refractivity contribution in [2.75, 3.05) is 39.3 Å². The largest absolute Gasteiger partial charge is 0.485 e. The summed E-state index contributed by atoms with van der Waals surface area (Å²) in [5.41, 5.74) is 5.25. The Morgan fingerprint density at radius 2 is 0.756 bits per heavy atom. The van der Waals surface area contributed by atoms with Crippen LogP contribution >= 0.6 is 0 Å². The average Bonchev–Trinajstić information content (AvgIpc) is 3.68. The van der Waals surface area contributed by atoms with Crippen LogP contribution in [0.4, 0.5) is 0 Å². The third-order valence-electron chi connectivity index (χ3n) is 13.7. The van der Waals surface area contributed by atoms with Crippen LogP contribution in [0.25, 0.3) is 0 Å². The summed E-state index contributed by atoms with van der Waals surface area (Å²) in [4.78, 5) is 86.4. The zero-order valence-corrected chi connectivity index (χ0v) is 48.6. The Morgan fingerprint density at radius 1 is 0.360 bits per heavy atom. The van der Waals surface area contributed by atoms with E-state index < -0.39 is 11.9 Å². The maximum Gasteiger partial charge on any atom is 0.303 e. The summed E-state index contributed by atoms with van der Waals surface area (Å²) in [6.07, 6.45) is 2.68. The molecule has 0 unspecified atom stereocenters. The zero-order chi connectivity index (χ0) is 60.4. The molecule has 0 atom stereocenters. The second-order valence-corrected chi connectivity index (χ2v) is 20.4. The molecule has 86 heavy (non-hydrogen) atoms. The molecule has 0 aliphatic carbocycles. The van der Waals surface area contributed by atoms with E-state index in [1.807, 2.05) is 152 Å². The van der Waals surface area contributed by atoms with Gasteiger partial charge < -0.3 is 44.9 Å². The maximum absolute atomic E-state index is 14.0. The maximum atomic E-state index is 14.0. The van der Waals surface area contributed by atoms with Gasteiger partial charge >= 0.3 is 5.97 Å². The van der Waals surface area contributed by atoms with Crippen LogP contribution in [0.1, 0.15) is 113 Å². The number of aliphatic carboxylic acids is 1. The summed E-state index contributed by atoms with van der Waals surface area (Å²) in [6.45, 7) is 2.89. The predicted molar refractivity (Wildman–Crippen MR) is 327 cm³/mol. The number of nitrogens with zero attached hydrogens (tertiary/aromatic N) is 2. The van der Waals surface area contributed by atoms with E-state index in [2.05, 4.69) is 16.0 Å². The van der Waals surface area contributed by atoms with Gasteiger partial charge in [0.25, 0.3) is 11.8 Å². The molecule has 17 nitrogen and oxygen atoms in total. The number of nitrogens with one attached hydrogen (secondary N) is 3. The van der Waals surface area contributed by atoms with Crippen molar-refractivity contribution >= 4 is 35.5 Å². The molecule has 0 saturated heterocycles. The Labute approximate surface area is 503 Å². The molecule has 0 spiro atoms. The van der Waals surface area contributed by atoms with Crippen LogP contribution in [-0.2, 0) is 57.1 Å². The molecule has 450 valence electrons. The highest BCUT2D eigenvalue weighted by atomic mass is 16.7. The zero-order valence-electron chi connectivity index (χ0n) is 48.6. The number of ether oxygens (including phenoxy) is 4. The Morgan fingerprint density at radius 3 is 1.23 bits per heavy atom. The number of carbonyl (C=O) groups is 6. The molecule has 0 bridgehead atoms. The molecule has 7 aromatic carbocycles. The van der Waals surface area contributed by atoms with Crippen molar-refractivity contribution in [1.29, 1.82) is 0 Å². The van der Waals surface area contributed by atoms with E-state index in [0.29, 0.717) is 92.3 Å². The van der Waals surface area contributed by atoms with Crippen molar-refractivity contribution in [2.24, 2.45) is 0 Å². The molecule has 17 heteroatoms. The van der Waals surface area contributed by atoms with Crippen LogP contribution in [0.3, 0.4) is 0 Å². The second kappa shape index (κ2) is 36.3. The van der Waals surface area contributed by atoms with Crippen LogP contribution in [0.5, 0.6) is 23.0 Å². The van der Waals surface area contributed by atoms with E-state index in [1.54, 1.807) is 41.3 Å². The fraction of sp³-hybridized carbons (Fsp3) is 0.304. The molecule has 0 aliphatic rings. The Kier molecular flexibility index (Phi) is 27.0. The summed E-state index contributed by atoms with van der Waals surface area (Å²) < 4.78 is 25.0. The van der Waals surface area contributed by atoms with Crippen LogP contribution < -0.4 is 34.9 Å². The number of hydrogen-bond acceptors (Lipinski definition) is 11. The predicted octanol–water partition coefficient (Wildman–Crippen LogP) is 11.1. The SMILES string of the molecule is O=C(O)CCC(=O)N(CCCCCNC(=O)CCC(=O)N(CCCCNC(=O)c1cccc(OCc2ccccc2)c1OCc1ccccc1)CCCNC(=O)c1cccc(OCc2ccccc2)c1OCc1ccccc1)OCc1ccccc1. The summed E-state index contributed by atoms with van der Waals surface area (Å²) >= 11 is 0. The van der Waals surface area contributed by atoms with Gasteiger partial charge in [-0.2, -0.15) is 0 Å². The first-order valence-corrected chi connectivity index (χ1v) is 29.3. The monoisotopic (exact) mass is 1170 g/mol. The van der Waals surface area contributed by atoms with Crippen molar-refractivity contribution in [2.45, 2.75) is 97.2 Å². The molecule has 0 aliphatic heterocycles. The minimum absolute atomic E-state index is 0.0431. The van der Waals surface area contributed by atoms with E-state index in [0.717, 1.165) is 27.8 Å². The fourth-order valence-corrected chi connectivity index (χ4v) is 9.08. The third kappa shape index (κ3) is 22.6. The molecule has 0 fully saturated rings. The van der Waals surface area contributed by atoms with Crippen molar-refractivity contribution in [3.8, 4) is 23.0 Å². The molecule has 5 amide bonds. The van der Waals surface area contributed by atoms with Gasteiger partial charge in [-0.05, 0) is 90.6 Å². The van der Waals surface area contributed by atoms with Gasteiger partial charge in [-0.25, -0.2) is 5.06 Å². The van der Waals surface area contributed by atoms with Crippen LogP contribution in [0, 0.1) is 0 Å². The molecular formula is C69H77N5O12. The molecule has 0 radical (unpaired) electrons. The first-order valence-electron chi connectivity index (χ1n) is 29.3. The summed E-state index contributed by atoms with van der Waals surface area (Å²) in [7, 11) is 0. The number of amides is 5. The van der Waals surface area contributed by atoms with E-state index in [4.69, 9.17) is 28.9 Å². The van der Waals surface area contributed by atoms with E-state index >= 15 is 0 Å². The first kappa shape index (κ1) is 64.1. The van der Waals surface area contributed by atoms with Crippen molar-refractivity contribution in [1.82, 2.24) is 25.9 Å². The van der Waals surface area contributed by atoms with Crippen LogP contribution in [0.15, 0.2) is 188 Å². The van der Waals surface area contributed by atoms with Crippen LogP contribution in [-0.4, -0.2) is 89.8 Å². The normalized spacial score (nSPS) is 10.7. The third-order valence-corrected chi connectivity index (χ3v) is 13.7. The van der Waals surface area contributed by atoms with Crippen molar-refractivity contribution < 1.29 is 57.7 Å². The topological polar surface area (TPSA) is 211 Å². The smallest absolute Gasteiger partial charge is 0.303 e. The summed E-state index contributed by atoms with van der Waals surface area (Å²) in [6, 6.07) is 58.5. The highest BCUT2D eigenvalue weighted by molar-refractivity contribution is 5.98. The van der Waals surface area contributed by atoms with E-state index in [1.165, 1.54) is 5.06 Å². The molecule has 0 saturated carbocycles. The Balaban J connectivity index is 0.934. The number of para-hydroxylation sites is 2. The minimum atomic E-state index is -1.07. The summed E-state index contributed by atoms with van der Waals surface area (Å²) in [5, 5.41) is 19.3.